The van der Waals surface area contributed by atoms with Crippen molar-refractivity contribution in [1.29, 1.82) is 0 Å². The van der Waals surface area contributed by atoms with Crippen LogP contribution in [0.2, 0.25) is 0 Å². The zero-order valence-electron chi connectivity index (χ0n) is 10.7. The van der Waals surface area contributed by atoms with Gasteiger partial charge in [0, 0.05) is 29.7 Å². The van der Waals surface area contributed by atoms with Crippen molar-refractivity contribution < 1.29 is 4.79 Å². The quantitative estimate of drug-likeness (QED) is 0.810. The normalized spacial score (nSPS) is 18.7. The van der Waals surface area contributed by atoms with Crippen molar-refractivity contribution in [1.82, 2.24) is 9.88 Å². The third-order valence-corrected chi connectivity index (χ3v) is 3.65. The number of nitrogens with zero attached hydrogens (tertiary/aromatic N) is 1. The number of hydrogen-bond donors (Lipinski definition) is 2. The number of rotatable bonds is 2. The lowest BCUT2D eigenvalue weighted by molar-refractivity contribution is 0.0733. The average Bonchev–Trinajstić information content (AvgIpc) is 3.09. The van der Waals surface area contributed by atoms with Crippen molar-refractivity contribution in [3.8, 4) is 0 Å². The summed E-state index contributed by atoms with van der Waals surface area (Å²) in [5, 5.41) is 0. The first kappa shape index (κ1) is 11.8. The fourth-order valence-corrected chi connectivity index (χ4v) is 2.68. The van der Waals surface area contributed by atoms with Crippen molar-refractivity contribution >= 4 is 11.6 Å². The molecule has 98 valence electrons. The third-order valence-electron chi connectivity index (χ3n) is 3.65. The summed E-state index contributed by atoms with van der Waals surface area (Å²) in [5.74, 6) is 0.0806. The highest BCUT2D eigenvalue weighted by atomic mass is 16.2. The smallest absolute Gasteiger partial charge is 0.254 e. The lowest BCUT2D eigenvalue weighted by Crippen LogP contribution is -2.30. The molecule has 1 fully saturated rings. The fourth-order valence-electron chi connectivity index (χ4n) is 2.68. The van der Waals surface area contributed by atoms with Crippen molar-refractivity contribution in [3.63, 3.8) is 0 Å². The summed E-state index contributed by atoms with van der Waals surface area (Å²) in [6.07, 6.45) is 3.96. The van der Waals surface area contributed by atoms with Gasteiger partial charge in [-0.2, -0.15) is 0 Å². The highest BCUT2D eigenvalue weighted by Crippen LogP contribution is 2.32. The lowest BCUT2D eigenvalue weighted by Gasteiger charge is -2.24. The van der Waals surface area contributed by atoms with Crippen LogP contribution < -0.4 is 5.73 Å². The van der Waals surface area contributed by atoms with Crippen LogP contribution in [0.1, 0.15) is 34.9 Å². The first-order valence-corrected chi connectivity index (χ1v) is 6.55. The molecule has 2 aromatic rings. The number of likely N-dealkylation sites (tertiary alicyclic amines) is 1. The molecular formula is C15H17N3O. The number of amides is 1. The van der Waals surface area contributed by atoms with E-state index >= 15 is 0 Å². The van der Waals surface area contributed by atoms with E-state index in [-0.39, 0.29) is 11.9 Å². The zero-order valence-corrected chi connectivity index (χ0v) is 10.7. The van der Waals surface area contributed by atoms with Crippen LogP contribution in [0.15, 0.2) is 42.6 Å². The van der Waals surface area contributed by atoms with Gasteiger partial charge in [0.1, 0.15) is 0 Å². The second-order valence-corrected chi connectivity index (χ2v) is 4.90. The summed E-state index contributed by atoms with van der Waals surface area (Å²) in [4.78, 5) is 17.7. The predicted molar refractivity (Wildman–Crippen MR) is 74.7 cm³/mol. The maximum atomic E-state index is 12.5. The van der Waals surface area contributed by atoms with Gasteiger partial charge in [-0.3, -0.25) is 4.79 Å². The molecule has 1 saturated heterocycles. The molecule has 1 atom stereocenters. The van der Waals surface area contributed by atoms with Gasteiger partial charge in [0.15, 0.2) is 0 Å². The molecule has 0 saturated carbocycles. The van der Waals surface area contributed by atoms with E-state index in [1.54, 1.807) is 24.3 Å². The molecule has 0 bridgehead atoms. The van der Waals surface area contributed by atoms with Crippen LogP contribution in [0.25, 0.3) is 0 Å². The van der Waals surface area contributed by atoms with E-state index in [1.165, 1.54) is 0 Å². The van der Waals surface area contributed by atoms with Gasteiger partial charge in [-0.25, -0.2) is 0 Å². The van der Waals surface area contributed by atoms with E-state index in [0.29, 0.717) is 11.3 Å². The standard InChI is InChI=1S/C15H17N3O/c16-12-7-5-11(6-8-12)15(19)18-10-2-4-14(18)13-3-1-9-17-13/h1,3,5-9,14,17H,2,4,10,16H2. The second-order valence-electron chi connectivity index (χ2n) is 4.90. The molecule has 0 aliphatic carbocycles. The molecule has 1 aromatic carbocycles. The monoisotopic (exact) mass is 255 g/mol. The largest absolute Gasteiger partial charge is 0.399 e. The van der Waals surface area contributed by atoms with Gasteiger partial charge in [0.05, 0.1) is 6.04 Å². The Morgan fingerprint density at radius 2 is 2.05 bits per heavy atom. The molecule has 19 heavy (non-hydrogen) atoms. The minimum Gasteiger partial charge on any atom is -0.399 e. The number of anilines is 1. The highest BCUT2D eigenvalue weighted by molar-refractivity contribution is 5.95. The molecule has 1 unspecified atom stereocenters. The number of aromatic nitrogens is 1. The minimum absolute atomic E-state index is 0.0806. The first-order valence-electron chi connectivity index (χ1n) is 6.55. The number of nitrogens with one attached hydrogen (secondary N) is 1. The number of nitrogens with two attached hydrogens (primary N) is 1. The molecule has 1 aromatic heterocycles. The summed E-state index contributed by atoms with van der Waals surface area (Å²) in [7, 11) is 0. The predicted octanol–water partition coefficient (Wildman–Crippen LogP) is 2.57. The molecule has 1 amide bonds. The Hall–Kier alpha value is -2.23. The van der Waals surface area contributed by atoms with Crippen LogP contribution in [0.4, 0.5) is 5.69 Å². The number of H-pyrrole nitrogens is 1. The zero-order chi connectivity index (χ0) is 13.2. The molecule has 4 nitrogen and oxygen atoms in total. The second kappa shape index (κ2) is 4.80. The Morgan fingerprint density at radius 1 is 1.26 bits per heavy atom. The van der Waals surface area contributed by atoms with Gasteiger partial charge >= 0.3 is 0 Å². The summed E-state index contributed by atoms with van der Waals surface area (Å²) >= 11 is 0. The third kappa shape index (κ3) is 2.21. The van der Waals surface area contributed by atoms with Crippen molar-refractivity contribution in [2.24, 2.45) is 0 Å². The number of hydrogen-bond acceptors (Lipinski definition) is 2. The Morgan fingerprint density at radius 3 is 2.74 bits per heavy atom. The fraction of sp³-hybridized carbons (Fsp3) is 0.267. The van der Waals surface area contributed by atoms with E-state index < -0.39 is 0 Å². The van der Waals surface area contributed by atoms with E-state index in [1.807, 2.05) is 23.2 Å². The summed E-state index contributed by atoms with van der Waals surface area (Å²) in [5.41, 5.74) is 8.15. The number of carbonyl (C=O) groups is 1. The molecule has 1 aliphatic rings. The molecule has 2 heterocycles. The van der Waals surface area contributed by atoms with Crippen molar-refractivity contribution in [2.75, 3.05) is 12.3 Å². The van der Waals surface area contributed by atoms with Gasteiger partial charge < -0.3 is 15.6 Å². The first-order chi connectivity index (χ1) is 9.25. The van der Waals surface area contributed by atoms with Crippen molar-refractivity contribution in [2.45, 2.75) is 18.9 Å². The Balaban J connectivity index is 1.84. The van der Waals surface area contributed by atoms with Crippen LogP contribution in [0.3, 0.4) is 0 Å². The van der Waals surface area contributed by atoms with Gasteiger partial charge in [-0.1, -0.05) is 0 Å². The Labute approximate surface area is 112 Å². The van der Waals surface area contributed by atoms with Crippen LogP contribution in [-0.2, 0) is 0 Å². The maximum Gasteiger partial charge on any atom is 0.254 e. The topological polar surface area (TPSA) is 62.1 Å². The molecule has 3 N–H and O–H groups in total. The highest BCUT2D eigenvalue weighted by Gasteiger charge is 2.30. The molecule has 4 heteroatoms. The van der Waals surface area contributed by atoms with Gasteiger partial charge in [0.2, 0.25) is 0 Å². The van der Waals surface area contributed by atoms with E-state index in [0.717, 1.165) is 25.1 Å². The van der Waals surface area contributed by atoms with Crippen LogP contribution in [0, 0.1) is 0 Å². The van der Waals surface area contributed by atoms with Gasteiger partial charge in [-0.05, 0) is 49.2 Å². The summed E-state index contributed by atoms with van der Waals surface area (Å²) in [6.45, 7) is 0.812. The molecular weight excluding hydrogens is 238 g/mol. The Kier molecular flexibility index (Phi) is 2.99. The summed E-state index contributed by atoms with van der Waals surface area (Å²) in [6, 6.07) is 11.3. The molecule has 0 radical (unpaired) electrons. The molecule has 3 rings (SSSR count). The van der Waals surface area contributed by atoms with Crippen LogP contribution >= 0.6 is 0 Å². The van der Waals surface area contributed by atoms with E-state index in [2.05, 4.69) is 4.98 Å². The van der Waals surface area contributed by atoms with E-state index in [4.69, 9.17) is 5.73 Å². The number of nitrogen functional groups attached to an aromatic ring is 1. The number of benzene rings is 1. The molecule has 1 aliphatic heterocycles. The van der Waals surface area contributed by atoms with Crippen LogP contribution in [0.5, 0.6) is 0 Å². The minimum atomic E-state index is 0.0806. The summed E-state index contributed by atoms with van der Waals surface area (Å²) < 4.78 is 0. The van der Waals surface area contributed by atoms with Crippen molar-refractivity contribution in [3.05, 3.63) is 53.9 Å². The van der Waals surface area contributed by atoms with Crippen LogP contribution in [-0.4, -0.2) is 22.3 Å². The maximum absolute atomic E-state index is 12.5. The van der Waals surface area contributed by atoms with E-state index in [9.17, 15) is 4.79 Å². The number of carbonyl (C=O) groups excluding carboxylic acids is 1. The Bertz CT molecular complexity index is 560. The lowest BCUT2D eigenvalue weighted by atomic mass is 10.1. The van der Waals surface area contributed by atoms with Gasteiger partial charge in [0.25, 0.3) is 5.91 Å². The molecule has 0 spiro atoms. The SMILES string of the molecule is Nc1ccc(C(=O)N2CCCC2c2ccc[nH]2)cc1. The number of aromatic amines is 1. The van der Waals surface area contributed by atoms with Gasteiger partial charge in [-0.15, -0.1) is 0 Å². The average molecular weight is 255 g/mol.